The minimum Gasteiger partial charge on any atom is -0.301 e. The van der Waals surface area contributed by atoms with Crippen LogP contribution < -0.4 is 5.32 Å². The molecule has 0 saturated heterocycles. The maximum absolute atomic E-state index is 12.3. The molecule has 0 fully saturated rings. The molecule has 0 atom stereocenters. The van der Waals surface area contributed by atoms with Crippen molar-refractivity contribution in [1.29, 1.82) is 0 Å². The fraction of sp³-hybridized carbons (Fsp3) is 0.150. The van der Waals surface area contributed by atoms with Crippen LogP contribution in [0, 0.1) is 13.8 Å². The number of carbonyl (C=O) groups excluding carboxylic acids is 1. The number of nitrogens with one attached hydrogen (secondary N) is 1. The molecule has 0 aliphatic carbocycles. The van der Waals surface area contributed by atoms with E-state index in [1.807, 2.05) is 28.1 Å². The Bertz CT molecular complexity index is 1130. The summed E-state index contributed by atoms with van der Waals surface area (Å²) in [6.45, 7) is 4.15. The molecule has 9 heteroatoms. The molecule has 3 aromatic heterocycles. The van der Waals surface area contributed by atoms with E-state index in [0.29, 0.717) is 16.1 Å². The van der Waals surface area contributed by atoms with E-state index in [9.17, 15) is 4.79 Å². The molecule has 4 rings (SSSR count). The van der Waals surface area contributed by atoms with Gasteiger partial charge in [-0.25, -0.2) is 4.98 Å². The zero-order valence-electron chi connectivity index (χ0n) is 15.9. The highest BCUT2D eigenvalue weighted by molar-refractivity contribution is 7.99. The number of pyridine rings is 1. The van der Waals surface area contributed by atoms with Crippen molar-refractivity contribution in [2.24, 2.45) is 0 Å². The van der Waals surface area contributed by atoms with Crippen LogP contribution in [0.25, 0.3) is 17.1 Å². The summed E-state index contributed by atoms with van der Waals surface area (Å²) in [7, 11) is 0. The summed E-state index contributed by atoms with van der Waals surface area (Å²) in [6.07, 6.45) is 5.11. The van der Waals surface area contributed by atoms with Gasteiger partial charge in [-0.1, -0.05) is 17.8 Å². The number of benzene rings is 1. The lowest BCUT2D eigenvalue weighted by atomic mass is 10.1. The lowest BCUT2D eigenvalue weighted by molar-refractivity contribution is -0.113. The van der Waals surface area contributed by atoms with Crippen molar-refractivity contribution in [1.82, 2.24) is 24.7 Å². The largest absolute Gasteiger partial charge is 0.301 e. The Morgan fingerprint density at radius 3 is 2.66 bits per heavy atom. The van der Waals surface area contributed by atoms with Crippen LogP contribution in [0.3, 0.4) is 0 Å². The fourth-order valence-corrected chi connectivity index (χ4v) is 4.02. The Morgan fingerprint density at radius 2 is 1.93 bits per heavy atom. The van der Waals surface area contributed by atoms with Gasteiger partial charge in [0.05, 0.1) is 11.4 Å². The summed E-state index contributed by atoms with van der Waals surface area (Å²) >= 11 is 2.72. The van der Waals surface area contributed by atoms with Gasteiger partial charge >= 0.3 is 0 Å². The Hall–Kier alpha value is -3.04. The smallest absolute Gasteiger partial charge is 0.236 e. The lowest BCUT2D eigenvalue weighted by Crippen LogP contribution is -2.14. The molecule has 146 valence electrons. The van der Waals surface area contributed by atoms with Crippen LogP contribution in [0.5, 0.6) is 0 Å². The summed E-state index contributed by atoms with van der Waals surface area (Å²) in [6, 6.07) is 10.0. The van der Waals surface area contributed by atoms with Gasteiger partial charge in [-0.2, -0.15) is 0 Å². The molecular formula is C20H18N6OS2. The van der Waals surface area contributed by atoms with Crippen LogP contribution in [-0.2, 0) is 4.79 Å². The molecule has 1 N–H and O–H groups in total. The monoisotopic (exact) mass is 422 g/mol. The van der Waals surface area contributed by atoms with Crippen LogP contribution in [0.15, 0.2) is 59.5 Å². The molecule has 0 unspecified atom stereocenters. The Labute approximate surface area is 176 Å². The summed E-state index contributed by atoms with van der Waals surface area (Å²) in [5, 5.41) is 14.6. The Balaban J connectivity index is 1.65. The standard InChI is InChI=1S/C20H18N6OS2/c1-13-3-4-16(11-14(13)2)26-18(15-5-7-21-8-6-15)24-25-20(26)29-12-17(27)23-19-22-9-10-28-19/h3-11H,12H2,1-2H3,(H,22,23,27). The number of thioether (sulfide) groups is 1. The van der Waals surface area contributed by atoms with Gasteiger partial charge in [-0.3, -0.25) is 14.3 Å². The maximum Gasteiger partial charge on any atom is 0.236 e. The van der Waals surface area contributed by atoms with E-state index < -0.39 is 0 Å². The first kappa shape index (κ1) is 19.3. The molecule has 4 aromatic rings. The molecule has 1 amide bonds. The lowest BCUT2D eigenvalue weighted by Gasteiger charge is -2.12. The zero-order chi connectivity index (χ0) is 20.2. The van der Waals surface area contributed by atoms with Crippen LogP contribution >= 0.6 is 23.1 Å². The second-order valence-corrected chi connectivity index (χ2v) is 8.16. The average Bonchev–Trinajstić information content (AvgIpc) is 3.39. The topological polar surface area (TPSA) is 85.6 Å². The zero-order valence-corrected chi connectivity index (χ0v) is 17.5. The van der Waals surface area contributed by atoms with Gasteiger partial charge in [0.25, 0.3) is 0 Å². The van der Waals surface area contributed by atoms with Crippen LogP contribution in [-0.4, -0.2) is 36.4 Å². The van der Waals surface area contributed by atoms with Gasteiger partial charge in [-0.15, -0.1) is 21.5 Å². The molecule has 29 heavy (non-hydrogen) atoms. The van der Waals surface area contributed by atoms with Gasteiger partial charge in [0.1, 0.15) is 0 Å². The number of hydrogen-bond acceptors (Lipinski definition) is 7. The van der Waals surface area contributed by atoms with E-state index in [1.165, 1.54) is 34.2 Å². The van der Waals surface area contributed by atoms with Crippen LogP contribution in [0.2, 0.25) is 0 Å². The third-order valence-corrected chi connectivity index (χ3v) is 5.95. The molecule has 3 heterocycles. The van der Waals surface area contributed by atoms with E-state index in [-0.39, 0.29) is 11.7 Å². The SMILES string of the molecule is Cc1ccc(-n2c(SCC(=O)Nc3nccs3)nnc2-c2ccncc2)cc1C. The normalized spacial score (nSPS) is 10.8. The first-order chi connectivity index (χ1) is 14.1. The number of rotatable bonds is 6. The van der Waals surface area contributed by atoms with Crippen molar-refractivity contribution in [2.45, 2.75) is 19.0 Å². The van der Waals surface area contributed by atoms with E-state index in [2.05, 4.69) is 51.5 Å². The van der Waals surface area contributed by atoms with Crippen molar-refractivity contribution in [2.75, 3.05) is 11.1 Å². The number of anilines is 1. The Morgan fingerprint density at radius 1 is 1.10 bits per heavy atom. The van der Waals surface area contributed by atoms with Gasteiger partial charge in [0.15, 0.2) is 16.1 Å². The number of nitrogens with zero attached hydrogens (tertiary/aromatic N) is 5. The predicted octanol–water partition coefficient (Wildman–Crippen LogP) is 4.13. The van der Waals surface area contributed by atoms with Crippen LogP contribution in [0.4, 0.5) is 5.13 Å². The third kappa shape index (κ3) is 4.36. The van der Waals surface area contributed by atoms with Crippen molar-refractivity contribution in [3.63, 3.8) is 0 Å². The van der Waals surface area contributed by atoms with Crippen molar-refractivity contribution in [3.8, 4) is 17.1 Å². The molecule has 7 nitrogen and oxygen atoms in total. The number of carbonyl (C=O) groups is 1. The number of hydrogen-bond donors (Lipinski definition) is 1. The van der Waals surface area contributed by atoms with E-state index in [4.69, 9.17) is 0 Å². The van der Waals surface area contributed by atoms with Gasteiger partial charge < -0.3 is 5.32 Å². The van der Waals surface area contributed by atoms with E-state index in [0.717, 1.165) is 11.3 Å². The molecule has 0 bridgehead atoms. The van der Waals surface area contributed by atoms with Crippen molar-refractivity contribution >= 4 is 34.1 Å². The minimum absolute atomic E-state index is 0.134. The van der Waals surface area contributed by atoms with Gasteiger partial charge in [-0.05, 0) is 49.2 Å². The molecule has 0 radical (unpaired) electrons. The van der Waals surface area contributed by atoms with Gasteiger partial charge in [0, 0.05) is 29.5 Å². The predicted molar refractivity (Wildman–Crippen MR) is 116 cm³/mol. The van der Waals surface area contributed by atoms with E-state index >= 15 is 0 Å². The van der Waals surface area contributed by atoms with E-state index in [1.54, 1.807) is 18.6 Å². The summed E-state index contributed by atoms with van der Waals surface area (Å²) in [5.74, 6) is 0.780. The average molecular weight is 423 g/mol. The third-order valence-electron chi connectivity index (χ3n) is 4.33. The van der Waals surface area contributed by atoms with Gasteiger partial charge in [0.2, 0.25) is 5.91 Å². The summed E-state index contributed by atoms with van der Waals surface area (Å²) in [5.41, 5.74) is 4.25. The highest BCUT2D eigenvalue weighted by Gasteiger charge is 2.18. The maximum atomic E-state index is 12.3. The first-order valence-corrected chi connectivity index (χ1v) is 10.7. The number of aromatic nitrogens is 5. The molecule has 0 aliphatic heterocycles. The number of thiazole rings is 1. The Kier molecular flexibility index (Phi) is 5.68. The molecule has 0 aliphatic rings. The fourth-order valence-electron chi connectivity index (χ4n) is 2.72. The minimum atomic E-state index is -0.134. The molecular weight excluding hydrogens is 404 g/mol. The highest BCUT2D eigenvalue weighted by atomic mass is 32.2. The number of amides is 1. The molecule has 0 spiro atoms. The highest BCUT2D eigenvalue weighted by Crippen LogP contribution is 2.28. The second-order valence-electron chi connectivity index (χ2n) is 6.32. The first-order valence-electron chi connectivity index (χ1n) is 8.87. The summed E-state index contributed by atoms with van der Waals surface area (Å²) in [4.78, 5) is 20.4. The second kappa shape index (κ2) is 8.54. The number of aryl methyl sites for hydroxylation is 2. The summed E-state index contributed by atoms with van der Waals surface area (Å²) < 4.78 is 1.98. The van der Waals surface area contributed by atoms with Crippen molar-refractivity contribution in [3.05, 3.63) is 65.4 Å². The van der Waals surface area contributed by atoms with Crippen LogP contribution in [0.1, 0.15) is 11.1 Å². The quantitative estimate of drug-likeness (QED) is 0.470. The molecule has 0 saturated carbocycles. The van der Waals surface area contributed by atoms with Crippen molar-refractivity contribution < 1.29 is 4.79 Å². The molecule has 1 aromatic carbocycles.